The molecule has 1 aromatic carbocycles. The Morgan fingerprint density at radius 1 is 1.25 bits per heavy atom. The van der Waals surface area contributed by atoms with Crippen LogP contribution >= 0.6 is 0 Å². The quantitative estimate of drug-likeness (QED) is 0.761. The zero-order valence-electron chi connectivity index (χ0n) is 10.4. The summed E-state index contributed by atoms with van der Waals surface area (Å²) in [6.07, 6.45) is 0. The number of benzene rings is 1. The summed E-state index contributed by atoms with van der Waals surface area (Å²) < 4.78 is 14.6. The van der Waals surface area contributed by atoms with Gasteiger partial charge in [-0.15, -0.1) is 0 Å². The van der Waals surface area contributed by atoms with Gasteiger partial charge in [0.15, 0.2) is 0 Å². The van der Waals surface area contributed by atoms with Crippen molar-refractivity contribution in [3.63, 3.8) is 0 Å². The second-order valence-electron chi connectivity index (χ2n) is 4.01. The van der Waals surface area contributed by atoms with Gasteiger partial charge in [-0.3, -0.25) is 14.7 Å². The Hall–Kier alpha value is -2.65. The predicted octanol–water partition coefficient (Wildman–Crippen LogP) is 0.0678. The summed E-state index contributed by atoms with van der Waals surface area (Å²) in [4.78, 5) is 22.7. The van der Waals surface area contributed by atoms with E-state index >= 15 is 0 Å². The fraction of sp³-hybridized carbons (Fsp3) is 0.143. The first-order valence-corrected chi connectivity index (χ1v) is 5.78. The van der Waals surface area contributed by atoms with Crippen molar-refractivity contribution in [2.75, 3.05) is 6.61 Å². The highest BCUT2D eigenvalue weighted by Gasteiger charge is 2.03. The Balaban J connectivity index is 2.37. The minimum absolute atomic E-state index is 0.100. The number of aliphatic hydroxyl groups excluding tert-OH is 1. The van der Waals surface area contributed by atoms with Crippen LogP contribution in [0.3, 0.4) is 0 Å². The fourth-order valence-corrected chi connectivity index (χ4v) is 1.66. The molecule has 1 aromatic heterocycles. The maximum atomic E-state index is 13.5. The molecular weight excluding hydrogens is 263 g/mol. The number of hydrogen-bond donors (Lipinski definition) is 2. The summed E-state index contributed by atoms with van der Waals surface area (Å²) in [5.74, 6) is 4.33. The SMILES string of the molecule is O=c1ccc(=O)n(Cc2ccc(F)c(C#CCO)c2)[nH]1. The summed E-state index contributed by atoms with van der Waals surface area (Å²) in [6, 6.07) is 6.49. The summed E-state index contributed by atoms with van der Waals surface area (Å²) in [7, 11) is 0. The van der Waals surface area contributed by atoms with Gasteiger partial charge < -0.3 is 5.11 Å². The molecule has 20 heavy (non-hydrogen) atoms. The number of H-pyrrole nitrogens is 1. The monoisotopic (exact) mass is 274 g/mol. The lowest BCUT2D eigenvalue weighted by Crippen LogP contribution is -2.28. The Morgan fingerprint density at radius 3 is 2.80 bits per heavy atom. The van der Waals surface area contributed by atoms with Crippen molar-refractivity contribution in [1.29, 1.82) is 0 Å². The van der Waals surface area contributed by atoms with Gasteiger partial charge in [-0.1, -0.05) is 17.9 Å². The van der Waals surface area contributed by atoms with E-state index in [1.165, 1.54) is 18.2 Å². The molecule has 0 aliphatic heterocycles. The Kier molecular flexibility index (Phi) is 4.13. The maximum absolute atomic E-state index is 13.5. The number of aliphatic hydroxyl groups is 1. The standard InChI is InChI=1S/C14H11FN2O3/c15-12-4-3-10(8-11(12)2-1-7-18)9-17-14(20)6-5-13(19)16-17/h3-6,8,18H,7,9H2,(H,16,19). The van der Waals surface area contributed by atoms with Crippen molar-refractivity contribution >= 4 is 0 Å². The van der Waals surface area contributed by atoms with Crippen LogP contribution < -0.4 is 11.1 Å². The third-order valence-corrected chi connectivity index (χ3v) is 2.56. The molecule has 0 atom stereocenters. The van der Waals surface area contributed by atoms with Crippen LogP contribution in [0.2, 0.25) is 0 Å². The summed E-state index contributed by atoms with van der Waals surface area (Å²) in [6.45, 7) is -0.266. The smallest absolute Gasteiger partial charge is 0.265 e. The predicted molar refractivity (Wildman–Crippen MR) is 70.8 cm³/mol. The van der Waals surface area contributed by atoms with Gasteiger partial charge in [-0.25, -0.2) is 9.07 Å². The zero-order valence-corrected chi connectivity index (χ0v) is 10.4. The lowest BCUT2D eigenvalue weighted by atomic mass is 10.1. The molecule has 0 fully saturated rings. The zero-order chi connectivity index (χ0) is 14.5. The Bertz CT molecular complexity index is 796. The number of aromatic nitrogens is 2. The van der Waals surface area contributed by atoms with Crippen molar-refractivity contribution in [2.45, 2.75) is 6.54 Å². The van der Waals surface area contributed by atoms with Crippen LogP contribution in [-0.2, 0) is 6.54 Å². The molecule has 0 bridgehead atoms. The average molecular weight is 274 g/mol. The van der Waals surface area contributed by atoms with Gasteiger partial charge in [-0.05, 0) is 17.7 Å². The summed E-state index contributed by atoms with van der Waals surface area (Å²) >= 11 is 0. The molecule has 0 radical (unpaired) electrons. The molecule has 0 saturated heterocycles. The van der Waals surface area contributed by atoms with Crippen molar-refractivity contribution in [3.05, 3.63) is 68.0 Å². The lowest BCUT2D eigenvalue weighted by molar-refractivity contribution is 0.350. The molecule has 0 aliphatic rings. The maximum Gasteiger partial charge on any atom is 0.265 e. The molecule has 0 amide bonds. The number of aromatic amines is 1. The van der Waals surface area contributed by atoms with Gasteiger partial charge in [-0.2, -0.15) is 0 Å². The number of nitrogens with zero attached hydrogens (tertiary/aromatic N) is 1. The molecule has 5 nitrogen and oxygen atoms in total. The van der Waals surface area contributed by atoms with Crippen molar-refractivity contribution in [1.82, 2.24) is 9.78 Å². The first-order chi connectivity index (χ1) is 9.60. The van der Waals surface area contributed by atoms with E-state index in [1.54, 1.807) is 0 Å². The van der Waals surface area contributed by atoms with E-state index in [0.29, 0.717) is 5.56 Å². The molecule has 2 N–H and O–H groups in total. The van der Waals surface area contributed by atoms with E-state index < -0.39 is 11.4 Å². The summed E-state index contributed by atoms with van der Waals surface area (Å²) in [5.41, 5.74) is -0.0237. The van der Waals surface area contributed by atoms with Crippen molar-refractivity contribution in [3.8, 4) is 11.8 Å². The van der Waals surface area contributed by atoms with Crippen LogP contribution in [0.25, 0.3) is 0 Å². The van der Waals surface area contributed by atoms with E-state index in [1.807, 2.05) is 0 Å². The number of nitrogens with one attached hydrogen (secondary N) is 1. The minimum atomic E-state index is -0.511. The average Bonchev–Trinajstić information content (AvgIpc) is 2.43. The molecule has 2 aromatic rings. The first kappa shape index (κ1) is 13.8. The number of rotatable bonds is 2. The number of hydrogen-bond acceptors (Lipinski definition) is 3. The second-order valence-corrected chi connectivity index (χ2v) is 4.01. The van der Waals surface area contributed by atoms with E-state index in [0.717, 1.165) is 16.8 Å². The van der Waals surface area contributed by atoms with Gasteiger partial charge in [0.25, 0.3) is 11.1 Å². The molecule has 0 spiro atoms. The van der Waals surface area contributed by atoms with E-state index in [9.17, 15) is 14.0 Å². The first-order valence-electron chi connectivity index (χ1n) is 5.78. The Morgan fingerprint density at radius 2 is 2.05 bits per heavy atom. The van der Waals surface area contributed by atoms with Crippen LogP contribution in [0.1, 0.15) is 11.1 Å². The third kappa shape index (κ3) is 3.22. The minimum Gasteiger partial charge on any atom is -0.384 e. The lowest BCUT2D eigenvalue weighted by Gasteiger charge is -2.06. The normalized spacial score (nSPS) is 9.90. The third-order valence-electron chi connectivity index (χ3n) is 2.56. The second kappa shape index (κ2) is 5.99. The van der Waals surface area contributed by atoms with Crippen LogP contribution in [0.15, 0.2) is 39.9 Å². The van der Waals surface area contributed by atoms with E-state index in [-0.39, 0.29) is 24.3 Å². The highest BCUT2D eigenvalue weighted by molar-refractivity contribution is 5.38. The molecule has 102 valence electrons. The Labute approximate surface area is 113 Å². The van der Waals surface area contributed by atoms with Crippen LogP contribution in [0, 0.1) is 17.7 Å². The van der Waals surface area contributed by atoms with Crippen LogP contribution in [-0.4, -0.2) is 21.5 Å². The molecule has 0 saturated carbocycles. The summed E-state index contributed by atoms with van der Waals surface area (Å²) in [5, 5.41) is 11.0. The van der Waals surface area contributed by atoms with Gasteiger partial charge >= 0.3 is 0 Å². The molecular formula is C14H11FN2O3. The van der Waals surface area contributed by atoms with Gasteiger partial charge in [0.2, 0.25) is 0 Å². The van der Waals surface area contributed by atoms with Gasteiger partial charge in [0.1, 0.15) is 12.4 Å². The topological polar surface area (TPSA) is 75.1 Å². The largest absolute Gasteiger partial charge is 0.384 e. The molecule has 2 rings (SSSR count). The van der Waals surface area contributed by atoms with Crippen molar-refractivity contribution in [2.24, 2.45) is 0 Å². The van der Waals surface area contributed by atoms with E-state index in [4.69, 9.17) is 5.11 Å². The molecule has 1 heterocycles. The van der Waals surface area contributed by atoms with Gasteiger partial charge in [0, 0.05) is 12.1 Å². The van der Waals surface area contributed by atoms with Crippen LogP contribution in [0.4, 0.5) is 4.39 Å². The highest BCUT2D eigenvalue weighted by Crippen LogP contribution is 2.10. The van der Waals surface area contributed by atoms with Crippen LogP contribution in [0.5, 0.6) is 0 Å². The highest BCUT2D eigenvalue weighted by atomic mass is 19.1. The molecule has 6 heteroatoms. The molecule has 0 aliphatic carbocycles. The molecule has 0 unspecified atom stereocenters. The fourth-order valence-electron chi connectivity index (χ4n) is 1.66. The van der Waals surface area contributed by atoms with Gasteiger partial charge in [0.05, 0.1) is 12.1 Å². The number of halogens is 1. The van der Waals surface area contributed by atoms with Crippen molar-refractivity contribution < 1.29 is 9.50 Å². The van der Waals surface area contributed by atoms with E-state index in [2.05, 4.69) is 16.9 Å².